The van der Waals surface area contributed by atoms with Gasteiger partial charge in [0.15, 0.2) is 0 Å². The van der Waals surface area contributed by atoms with E-state index in [1.807, 2.05) is 0 Å². The Labute approximate surface area is 128 Å². The van der Waals surface area contributed by atoms with Crippen LogP contribution in [0.4, 0.5) is 4.39 Å². The minimum absolute atomic E-state index is 0.115. The van der Waals surface area contributed by atoms with Crippen LogP contribution in [0, 0.1) is 5.82 Å². The summed E-state index contributed by atoms with van der Waals surface area (Å²) in [5.74, 6) is -0.759. The smallest absolute Gasteiger partial charge is 0.267 e. The molecule has 1 aromatic carbocycles. The summed E-state index contributed by atoms with van der Waals surface area (Å²) in [7, 11) is 1.79. The molecular formula is C16H18FN3O2. The molecule has 2 rings (SSSR count). The number of halogens is 1. The first-order valence-corrected chi connectivity index (χ1v) is 6.97. The number of carbonyl (C=O) groups is 2. The van der Waals surface area contributed by atoms with E-state index in [0.717, 1.165) is 0 Å². The Balaban J connectivity index is 1.69. The van der Waals surface area contributed by atoms with Gasteiger partial charge in [-0.3, -0.25) is 9.59 Å². The summed E-state index contributed by atoms with van der Waals surface area (Å²) in [5.41, 5.74) is 1.18. The first kappa shape index (κ1) is 15.8. The van der Waals surface area contributed by atoms with Crippen LogP contribution in [0.1, 0.15) is 16.1 Å². The van der Waals surface area contributed by atoms with Crippen LogP contribution < -0.4 is 10.6 Å². The Kier molecular flexibility index (Phi) is 5.30. The second kappa shape index (κ2) is 7.40. The Morgan fingerprint density at radius 1 is 1.14 bits per heavy atom. The van der Waals surface area contributed by atoms with Crippen LogP contribution in [0.3, 0.4) is 0 Å². The second-order valence-corrected chi connectivity index (χ2v) is 4.92. The maximum atomic E-state index is 13.0. The Morgan fingerprint density at radius 3 is 2.59 bits per heavy atom. The van der Waals surface area contributed by atoms with E-state index in [1.165, 1.54) is 12.1 Å². The van der Waals surface area contributed by atoms with E-state index in [1.54, 1.807) is 42.1 Å². The number of rotatable bonds is 6. The molecule has 0 bridgehead atoms. The molecule has 0 unspecified atom stereocenters. The SMILES string of the molecule is Cn1cccc1C(=O)NCCNC(=O)Cc1cccc(F)c1. The highest BCUT2D eigenvalue weighted by molar-refractivity contribution is 5.92. The summed E-state index contributed by atoms with van der Waals surface area (Å²) in [6.07, 6.45) is 1.90. The number of benzene rings is 1. The molecule has 0 atom stereocenters. The van der Waals surface area contributed by atoms with Crippen molar-refractivity contribution in [2.75, 3.05) is 13.1 Å². The van der Waals surface area contributed by atoms with E-state index in [2.05, 4.69) is 10.6 Å². The molecule has 0 aliphatic rings. The van der Waals surface area contributed by atoms with Crippen LogP contribution in [0.2, 0.25) is 0 Å². The average molecular weight is 303 g/mol. The predicted molar refractivity (Wildman–Crippen MR) is 80.9 cm³/mol. The lowest BCUT2D eigenvalue weighted by molar-refractivity contribution is -0.120. The van der Waals surface area contributed by atoms with Gasteiger partial charge in [0.25, 0.3) is 5.91 Å². The maximum Gasteiger partial charge on any atom is 0.267 e. The van der Waals surface area contributed by atoms with Gasteiger partial charge in [0, 0.05) is 26.3 Å². The van der Waals surface area contributed by atoms with E-state index in [4.69, 9.17) is 0 Å². The number of hydrogen-bond donors (Lipinski definition) is 2. The van der Waals surface area contributed by atoms with Gasteiger partial charge in [-0.1, -0.05) is 12.1 Å². The molecule has 2 amide bonds. The quantitative estimate of drug-likeness (QED) is 0.789. The number of nitrogens with one attached hydrogen (secondary N) is 2. The Hall–Kier alpha value is -2.63. The fraction of sp³-hybridized carbons (Fsp3) is 0.250. The van der Waals surface area contributed by atoms with E-state index in [-0.39, 0.29) is 24.1 Å². The average Bonchev–Trinajstić information content (AvgIpc) is 2.89. The number of carbonyl (C=O) groups excluding carboxylic acids is 2. The van der Waals surface area contributed by atoms with E-state index in [9.17, 15) is 14.0 Å². The van der Waals surface area contributed by atoms with Gasteiger partial charge in [0.2, 0.25) is 5.91 Å². The number of aromatic nitrogens is 1. The van der Waals surface area contributed by atoms with Gasteiger partial charge in [-0.05, 0) is 29.8 Å². The van der Waals surface area contributed by atoms with Crippen molar-refractivity contribution >= 4 is 11.8 Å². The molecular weight excluding hydrogens is 285 g/mol. The van der Waals surface area contributed by atoms with Crippen LogP contribution in [0.5, 0.6) is 0 Å². The summed E-state index contributed by atoms with van der Waals surface area (Å²) >= 11 is 0. The predicted octanol–water partition coefficient (Wildman–Crippen LogP) is 1.25. The lowest BCUT2D eigenvalue weighted by atomic mass is 10.1. The van der Waals surface area contributed by atoms with Crippen LogP contribution in [0.25, 0.3) is 0 Å². The van der Waals surface area contributed by atoms with Crippen LogP contribution >= 0.6 is 0 Å². The summed E-state index contributed by atoms with van der Waals surface area (Å²) in [6, 6.07) is 9.43. The first-order valence-electron chi connectivity index (χ1n) is 6.97. The molecule has 5 nitrogen and oxygen atoms in total. The molecule has 0 spiro atoms. The summed E-state index contributed by atoms with van der Waals surface area (Å²) in [6.45, 7) is 0.656. The van der Waals surface area contributed by atoms with Crippen molar-refractivity contribution in [3.8, 4) is 0 Å². The van der Waals surface area contributed by atoms with Gasteiger partial charge < -0.3 is 15.2 Å². The van der Waals surface area contributed by atoms with Crippen molar-refractivity contribution in [1.82, 2.24) is 15.2 Å². The van der Waals surface area contributed by atoms with Crippen LogP contribution in [0.15, 0.2) is 42.6 Å². The fourth-order valence-electron chi connectivity index (χ4n) is 2.06. The number of nitrogens with zero attached hydrogens (tertiary/aromatic N) is 1. The van der Waals surface area contributed by atoms with Gasteiger partial charge in [-0.15, -0.1) is 0 Å². The monoisotopic (exact) mass is 303 g/mol. The van der Waals surface area contributed by atoms with E-state index < -0.39 is 0 Å². The van der Waals surface area contributed by atoms with Crippen molar-refractivity contribution in [3.63, 3.8) is 0 Å². The normalized spacial score (nSPS) is 10.3. The molecule has 0 radical (unpaired) electrons. The van der Waals surface area contributed by atoms with Gasteiger partial charge in [0.1, 0.15) is 11.5 Å². The molecule has 2 N–H and O–H groups in total. The largest absolute Gasteiger partial charge is 0.354 e. The third-order valence-electron chi connectivity index (χ3n) is 3.16. The highest BCUT2D eigenvalue weighted by Crippen LogP contribution is 2.04. The Bertz CT molecular complexity index is 667. The molecule has 1 aromatic heterocycles. The van der Waals surface area contributed by atoms with Gasteiger partial charge in [-0.25, -0.2) is 4.39 Å². The zero-order valence-electron chi connectivity index (χ0n) is 12.3. The highest BCUT2D eigenvalue weighted by atomic mass is 19.1. The number of hydrogen-bond acceptors (Lipinski definition) is 2. The lowest BCUT2D eigenvalue weighted by Crippen LogP contribution is -2.35. The summed E-state index contributed by atoms with van der Waals surface area (Å²) < 4.78 is 14.7. The van der Waals surface area contributed by atoms with E-state index in [0.29, 0.717) is 24.3 Å². The third kappa shape index (κ3) is 4.44. The topological polar surface area (TPSA) is 63.1 Å². The van der Waals surface area contributed by atoms with Crippen molar-refractivity contribution in [2.45, 2.75) is 6.42 Å². The van der Waals surface area contributed by atoms with Gasteiger partial charge in [0.05, 0.1) is 6.42 Å². The Morgan fingerprint density at radius 2 is 1.91 bits per heavy atom. The maximum absolute atomic E-state index is 13.0. The molecule has 0 saturated carbocycles. The van der Waals surface area contributed by atoms with Crippen molar-refractivity contribution in [1.29, 1.82) is 0 Å². The summed E-state index contributed by atoms with van der Waals surface area (Å²) in [4.78, 5) is 23.5. The molecule has 1 heterocycles. The van der Waals surface area contributed by atoms with Gasteiger partial charge in [-0.2, -0.15) is 0 Å². The molecule has 0 fully saturated rings. The minimum atomic E-state index is -0.361. The molecule has 0 aliphatic heterocycles. The number of amides is 2. The first-order chi connectivity index (χ1) is 10.6. The summed E-state index contributed by atoms with van der Waals surface area (Å²) in [5, 5.41) is 5.40. The van der Waals surface area contributed by atoms with Crippen molar-refractivity contribution in [2.24, 2.45) is 7.05 Å². The molecule has 0 aliphatic carbocycles. The zero-order chi connectivity index (χ0) is 15.9. The molecule has 116 valence electrons. The van der Waals surface area contributed by atoms with E-state index >= 15 is 0 Å². The standard InChI is InChI=1S/C16H18FN3O2/c1-20-9-3-6-14(20)16(22)19-8-7-18-15(21)11-12-4-2-5-13(17)10-12/h2-6,9-10H,7-8,11H2,1H3,(H,18,21)(H,19,22). The molecule has 0 saturated heterocycles. The molecule has 6 heteroatoms. The molecule has 22 heavy (non-hydrogen) atoms. The lowest BCUT2D eigenvalue weighted by Gasteiger charge is -2.08. The highest BCUT2D eigenvalue weighted by Gasteiger charge is 2.08. The van der Waals surface area contributed by atoms with Crippen LogP contribution in [-0.2, 0) is 18.3 Å². The second-order valence-electron chi connectivity index (χ2n) is 4.92. The van der Waals surface area contributed by atoms with Gasteiger partial charge >= 0.3 is 0 Å². The molecule has 2 aromatic rings. The minimum Gasteiger partial charge on any atom is -0.354 e. The third-order valence-corrected chi connectivity index (χ3v) is 3.16. The van der Waals surface area contributed by atoms with Crippen molar-refractivity contribution in [3.05, 3.63) is 59.7 Å². The zero-order valence-corrected chi connectivity index (χ0v) is 12.3. The number of aryl methyl sites for hydroxylation is 1. The van der Waals surface area contributed by atoms with Crippen molar-refractivity contribution < 1.29 is 14.0 Å². The fourth-order valence-corrected chi connectivity index (χ4v) is 2.06. The van der Waals surface area contributed by atoms with Crippen LogP contribution in [-0.4, -0.2) is 29.5 Å².